The molecular formula is C7H16KO3P. The Morgan fingerprint density at radius 2 is 1.75 bits per heavy atom. The van der Waals surface area contributed by atoms with Gasteiger partial charge in [-0.25, -0.2) is 0 Å². The molecule has 12 heavy (non-hydrogen) atoms. The molecule has 68 valence electrons. The van der Waals surface area contributed by atoms with Crippen molar-refractivity contribution >= 4 is 7.60 Å². The van der Waals surface area contributed by atoms with Gasteiger partial charge in [0.05, 0.1) is 6.16 Å². The topological polar surface area (TPSA) is 57.5 Å². The fraction of sp³-hybridized carbons (Fsp3) is 1.00. The second-order valence-electron chi connectivity index (χ2n) is 3.35. The fourth-order valence-electron chi connectivity index (χ4n) is 1.71. The van der Waals surface area contributed by atoms with Gasteiger partial charge in [-0.3, -0.25) is 4.57 Å². The first-order valence-electron chi connectivity index (χ1n) is 4.12. The summed E-state index contributed by atoms with van der Waals surface area (Å²) in [5.41, 5.74) is 0. The molecule has 0 aromatic heterocycles. The summed E-state index contributed by atoms with van der Waals surface area (Å²) in [6, 6.07) is 0. The van der Waals surface area contributed by atoms with Gasteiger partial charge in [0.25, 0.3) is 0 Å². The van der Waals surface area contributed by atoms with E-state index in [1.807, 2.05) is 0 Å². The summed E-state index contributed by atoms with van der Waals surface area (Å²) in [7, 11) is -3.73. The molecule has 0 amide bonds. The smallest absolute Gasteiger partial charge is 1.00 e. The van der Waals surface area contributed by atoms with Crippen molar-refractivity contribution in [2.45, 2.75) is 32.1 Å². The van der Waals surface area contributed by atoms with Gasteiger partial charge in [-0.15, -0.1) is 0 Å². The molecule has 1 fully saturated rings. The standard InChI is InChI=1S/C7H15O3P.K.H/c8-11(9,10)6-7-4-2-1-3-5-7;;/h7H,1-6H2,(H2,8,9,10);;/q;+1;-1. The molecule has 5 heteroatoms. The molecule has 1 rings (SSSR count). The predicted octanol–water partition coefficient (Wildman–Crippen LogP) is -1.14. The van der Waals surface area contributed by atoms with Gasteiger partial charge in [0.2, 0.25) is 0 Å². The summed E-state index contributed by atoms with van der Waals surface area (Å²) < 4.78 is 10.6. The van der Waals surface area contributed by atoms with E-state index < -0.39 is 7.60 Å². The third-order valence-corrected chi connectivity index (χ3v) is 3.21. The molecule has 0 atom stereocenters. The zero-order valence-corrected chi connectivity index (χ0v) is 11.6. The van der Waals surface area contributed by atoms with Gasteiger partial charge in [-0.05, 0) is 18.8 Å². The van der Waals surface area contributed by atoms with Gasteiger partial charge < -0.3 is 11.2 Å². The normalized spacial score (nSPS) is 20.2. The zero-order valence-electron chi connectivity index (χ0n) is 8.57. The Bertz CT molecular complexity index is 167. The summed E-state index contributed by atoms with van der Waals surface area (Å²) in [5.74, 6) is 0.282. The quantitative estimate of drug-likeness (QED) is 0.455. The van der Waals surface area contributed by atoms with E-state index in [0.29, 0.717) is 0 Å². The van der Waals surface area contributed by atoms with Gasteiger partial charge >= 0.3 is 59.0 Å². The first kappa shape index (κ1) is 13.8. The van der Waals surface area contributed by atoms with Gasteiger partial charge in [-0.2, -0.15) is 0 Å². The molecule has 0 heterocycles. The van der Waals surface area contributed by atoms with Gasteiger partial charge in [0.1, 0.15) is 0 Å². The van der Waals surface area contributed by atoms with Crippen molar-refractivity contribution in [2.24, 2.45) is 5.92 Å². The minimum absolute atomic E-state index is 0. The number of hydrogen-bond acceptors (Lipinski definition) is 1. The monoisotopic (exact) mass is 218 g/mol. The van der Waals surface area contributed by atoms with Crippen molar-refractivity contribution in [1.82, 2.24) is 0 Å². The maximum atomic E-state index is 10.6. The Morgan fingerprint density at radius 3 is 2.17 bits per heavy atom. The maximum absolute atomic E-state index is 10.6. The van der Waals surface area contributed by atoms with E-state index >= 15 is 0 Å². The second-order valence-corrected chi connectivity index (χ2v) is 5.05. The molecule has 0 bridgehead atoms. The summed E-state index contributed by atoms with van der Waals surface area (Å²) in [5, 5.41) is 0. The van der Waals surface area contributed by atoms with Gasteiger partial charge in [0, 0.05) is 0 Å². The van der Waals surface area contributed by atoms with Crippen LogP contribution in [-0.4, -0.2) is 15.9 Å². The summed E-state index contributed by atoms with van der Waals surface area (Å²) in [6.07, 6.45) is 5.64. The van der Waals surface area contributed by atoms with Crippen LogP contribution in [0.25, 0.3) is 0 Å². The van der Waals surface area contributed by atoms with E-state index in [1.165, 1.54) is 6.42 Å². The van der Waals surface area contributed by atoms with Crippen LogP contribution < -0.4 is 51.4 Å². The molecule has 0 radical (unpaired) electrons. The molecule has 0 spiro atoms. The summed E-state index contributed by atoms with van der Waals surface area (Å²) >= 11 is 0. The Morgan fingerprint density at radius 1 is 1.25 bits per heavy atom. The van der Waals surface area contributed by atoms with Crippen molar-refractivity contribution in [3.8, 4) is 0 Å². The average molecular weight is 218 g/mol. The van der Waals surface area contributed by atoms with E-state index in [9.17, 15) is 4.57 Å². The van der Waals surface area contributed by atoms with Crippen molar-refractivity contribution in [2.75, 3.05) is 6.16 Å². The van der Waals surface area contributed by atoms with Crippen LogP contribution >= 0.6 is 7.60 Å². The molecule has 0 aromatic carbocycles. The van der Waals surface area contributed by atoms with Crippen LogP contribution in [0.5, 0.6) is 0 Å². The van der Waals surface area contributed by atoms with Gasteiger partial charge in [-0.1, -0.05) is 19.3 Å². The van der Waals surface area contributed by atoms with E-state index in [1.54, 1.807) is 0 Å². The van der Waals surface area contributed by atoms with Crippen molar-refractivity contribution in [3.05, 3.63) is 0 Å². The molecule has 0 aliphatic heterocycles. The first-order valence-corrected chi connectivity index (χ1v) is 5.92. The van der Waals surface area contributed by atoms with Crippen molar-refractivity contribution in [3.63, 3.8) is 0 Å². The van der Waals surface area contributed by atoms with Crippen LogP contribution in [0, 0.1) is 5.92 Å². The Kier molecular flexibility index (Phi) is 7.24. The molecular weight excluding hydrogens is 202 g/mol. The van der Waals surface area contributed by atoms with Gasteiger partial charge in [0.15, 0.2) is 0 Å². The Labute approximate surface area is 117 Å². The number of hydrogen-bond donors (Lipinski definition) is 2. The number of rotatable bonds is 2. The van der Waals surface area contributed by atoms with Crippen LogP contribution in [-0.2, 0) is 4.57 Å². The average Bonchev–Trinajstić information content (AvgIpc) is 1.85. The summed E-state index contributed by atoms with van der Waals surface area (Å²) in [6.45, 7) is 0. The SMILES string of the molecule is O=P(O)(O)CC1CCCCC1.[H-].[K+]. The van der Waals surface area contributed by atoms with E-state index in [2.05, 4.69) is 0 Å². The van der Waals surface area contributed by atoms with E-state index in [-0.39, 0.29) is 64.9 Å². The predicted molar refractivity (Wildman–Crippen MR) is 44.6 cm³/mol. The van der Waals surface area contributed by atoms with Crippen molar-refractivity contribution < 1.29 is 67.2 Å². The van der Waals surface area contributed by atoms with Crippen LogP contribution in [0.2, 0.25) is 0 Å². The zero-order chi connectivity index (χ0) is 8.32. The van der Waals surface area contributed by atoms with Crippen LogP contribution in [0.1, 0.15) is 33.5 Å². The molecule has 1 aliphatic carbocycles. The molecule has 0 unspecified atom stereocenters. The molecule has 0 saturated heterocycles. The fourth-order valence-corrected chi connectivity index (χ4v) is 2.74. The molecule has 1 saturated carbocycles. The maximum Gasteiger partial charge on any atom is 1.00 e. The summed E-state index contributed by atoms with van der Waals surface area (Å²) in [4.78, 5) is 17.4. The molecule has 1 aliphatic rings. The van der Waals surface area contributed by atoms with Crippen LogP contribution in [0.15, 0.2) is 0 Å². The first-order chi connectivity index (χ1) is 5.08. The minimum atomic E-state index is -3.73. The van der Waals surface area contributed by atoms with Crippen molar-refractivity contribution in [1.29, 1.82) is 0 Å². The second kappa shape index (κ2) is 6.30. The largest absolute Gasteiger partial charge is 1.00 e. The third kappa shape index (κ3) is 6.27. The van der Waals surface area contributed by atoms with Crippen LogP contribution in [0.4, 0.5) is 0 Å². The Balaban J connectivity index is 0. The Hall–Kier alpha value is 1.79. The third-order valence-electron chi connectivity index (χ3n) is 2.22. The van der Waals surface area contributed by atoms with E-state index in [0.717, 1.165) is 25.7 Å². The molecule has 2 N–H and O–H groups in total. The van der Waals surface area contributed by atoms with E-state index in [4.69, 9.17) is 9.79 Å². The molecule has 3 nitrogen and oxygen atoms in total. The molecule has 0 aromatic rings. The van der Waals surface area contributed by atoms with Crippen LogP contribution in [0.3, 0.4) is 0 Å². The minimum Gasteiger partial charge on any atom is -1.00 e.